The molecule has 4 nitrogen and oxygen atoms in total. The van der Waals surface area contributed by atoms with Crippen molar-refractivity contribution < 1.29 is 9.90 Å². The van der Waals surface area contributed by atoms with Gasteiger partial charge in [-0.15, -0.1) is 0 Å². The van der Waals surface area contributed by atoms with Crippen LogP contribution in [-0.2, 0) is 17.6 Å². The van der Waals surface area contributed by atoms with Crippen LogP contribution in [0.15, 0.2) is 18.2 Å². The first-order valence-corrected chi connectivity index (χ1v) is 6.94. The van der Waals surface area contributed by atoms with Crippen LogP contribution in [0.3, 0.4) is 0 Å². The lowest BCUT2D eigenvalue weighted by molar-refractivity contribution is -0.139. The number of anilines is 1. The fraction of sp³-hybridized carbons (Fsp3) is 0.533. The number of fused-ring (bicyclic) bond motifs is 1. The number of nitrogens with one attached hydrogen (secondary N) is 2. The fourth-order valence-corrected chi connectivity index (χ4v) is 2.60. The van der Waals surface area contributed by atoms with E-state index in [1.54, 1.807) is 0 Å². The molecule has 3 N–H and O–H groups in total. The molecule has 4 heteroatoms. The Hall–Kier alpha value is -1.55. The Morgan fingerprint density at radius 3 is 3.00 bits per heavy atom. The van der Waals surface area contributed by atoms with Crippen LogP contribution in [0.1, 0.15) is 31.4 Å². The Labute approximate surface area is 114 Å². The lowest BCUT2D eigenvalue weighted by Gasteiger charge is -2.19. The number of hydrogen-bond acceptors (Lipinski definition) is 3. The van der Waals surface area contributed by atoms with E-state index < -0.39 is 12.0 Å². The maximum absolute atomic E-state index is 11.0. The van der Waals surface area contributed by atoms with Gasteiger partial charge in [-0.1, -0.05) is 19.1 Å². The summed E-state index contributed by atoms with van der Waals surface area (Å²) in [4.78, 5) is 11.0. The summed E-state index contributed by atoms with van der Waals surface area (Å²) in [5.74, 6) is -0.771. The Morgan fingerprint density at radius 1 is 1.53 bits per heavy atom. The summed E-state index contributed by atoms with van der Waals surface area (Å²) < 4.78 is 0. The zero-order chi connectivity index (χ0) is 13.8. The molecule has 19 heavy (non-hydrogen) atoms. The molecule has 0 bridgehead atoms. The van der Waals surface area contributed by atoms with Gasteiger partial charge in [0.1, 0.15) is 6.04 Å². The number of hydrogen-bond donors (Lipinski definition) is 3. The molecular weight excluding hydrogens is 240 g/mol. The first-order valence-electron chi connectivity index (χ1n) is 6.94. The minimum absolute atomic E-state index is 0.161. The van der Waals surface area contributed by atoms with Gasteiger partial charge in [0.05, 0.1) is 0 Å². The van der Waals surface area contributed by atoms with E-state index in [-0.39, 0.29) is 6.04 Å². The Balaban J connectivity index is 1.95. The van der Waals surface area contributed by atoms with Crippen molar-refractivity contribution in [3.8, 4) is 0 Å². The van der Waals surface area contributed by atoms with Gasteiger partial charge in [0, 0.05) is 18.3 Å². The zero-order valence-corrected chi connectivity index (χ0v) is 11.6. The van der Waals surface area contributed by atoms with E-state index in [2.05, 4.69) is 28.8 Å². The average Bonchev–Trinajstić information content (AvgIpc) is 2.82. The molecule has 1 aromatic rings. The quantitative estimate of drug-likeness (QED) is 0.734. The van der Waals surface area contributed by atoms with Crippen LogP contribution in [0.5, 0.6) is 0 Å². The highest BCUT2D eigenvalue weighted by atomic mass is 16.4. The van der Waals surface area contributed by atoms with Crippen molar-refractivity contribution in [1.82, 2.24) is 5.32 Å². The first-order chi connectivity index (χ1) is 9.10. The van der Waals surface area contributed by atoms with Gasteiger partial charge < -0.3 is 15.7 Å². The topological polar surface area (TPSA) is 61.4 Å². The molecule has 104 valence electrons. The average molecular weight is 262 g/mol. The monoisotopic (exact) mass is 262 g/mol. The van der Waals surface area contributed by atoms with E-state index in [1.807, 2.05) is 13.8 Å². The van der Waals surface area contributed by atoms with E-state index in [1.165, 1.54) is 16.8 Å². The summed E-state index contributed by atoms with van der Waals surface area (Å²) in [5, 5.41) is 15.6. The summed E-state index contributed by atoms with van der Waals surface area (Å²) in [6, 6.07) is 6.19. The van der Waals surface area contributed by atoms with Crippen LogP contribution in [-0.4, -0.2) is 29.7 Å². The minimum atomic E-state index is -0.771. The van der Waals surface area contributed by atoms with Gasteiger partial charge in [-0.25, -0.2) is 0 Å². The van der Waals surface area contributed by atoms with E-state index in [0.717, 1.165) is 19.4 Å². The summed E-state index contributed by atoms with van der Waals surface area (Å²) in [6.07, 6.45) is 2.54. The van der Waals surface area contributed by atoms with Crippen molar-refractivity contribution >= 4 is 11.7 Å². The van der Waals surface area contributed by atoms with E-state index in [0.29, 0.717) is 6.42 Å². The van der Waals surface area contributed by atoms with Gasteiger partial charge in [-0.05, 0) is 43.4 Å². The Bertz CT molecular complexity index is 459. The van der Waals surface area contributed by atoms with Crippen molar-refractivity contribution in [3.63, 3.8) is 0 Å². The fourth-order valence-electron chi connectivity index (χ4n) is 2.60. The number of carboxylic acid groups (broad SMARTS) is 1. The second kappa shape index (κ2) is 6.06. The number of carboxylic acids is 1. The lowest BCUT2D eigenvalue weighted by atomic mass is 10.0. The van der Waals surface area contributed by atoms with Crippen LogP contribution in [0, 0.1) is 0 Å². The van der Waals surface area contributed by atoms with Crippen LogP contribution < -0.4 is 10.6 Å². The third-order valence-electron chi connectivity index (χ3n) is 3.61. The minimum Gasteiger partial charge on any atom is -0.480 e. The van der Waals surface area contributed by atoms with Crippen LogP contribution in [0.25, 0.3) is 0 Å². The molecular formula is C15H22N2O2. The molecule has 0 aromatic heterocycles. The molecule has 1 heterocycles. The molecule has 0 amide bonds. The third-order valence-corrected chi connectivity index (χ3v) is 3.61. The van der Waals surface area contributed by atoms with E-state index in [4.69, 9.17) is 5.11 Å². The van der Waals surface area contributed by atoms with Gasteiger partial charge >= 0.3 is 5.97 Å². The van der Waals surface area contributed by atoms with Crippen molar-refractivity contribution in [3.05, 3.63) is 29.3 Å². The van der Waals surface area contributed by atoms with Crippen molar-refractivity contribution in [1.29, 1.82) is 0 Å². The molecule has 1 aliphatic heterocycles. The van der Waals surface area contributed by atoms with Crippen molar-refractivity contribution in [2.45, 2.75) is 45.2 Å². The predicted octanol–water partition coefficient (Wildman–Crippen LogP) is 2.04. The highest BCUT2D eigenvalue weighted by Gasteiger charge is 2.18. The molecule has 2 rings (SSSR count). The second-order valence-corrected chi connectivity index (χ2v) is 5.24. The number of aliphatic carboxylic acids is 1. The van der Waals surface area contributed by atoms with Crippen LogP contribution in [0.2, 0.25) is 0 Å². The molecule has 1 aromatic carbocycles. The number of benzene rings is 1. The molecule has 1 aliphatic rings. The maximum atomic E-state index is 11.0. The Morgan fingerprint density at radius 2 is 2.32 bits per heavy atom. The van der Waals surface area contributed by atoms with Gasteiger partial charge in [0.25, 0.3) is 0 Å². The summed E-state index contributed by atoms with van der Waals surface area (Å²) >= 11 is 0. The predicted molar refractivity (Wildman–Crippen MR) is 76.7 cm³/mol. The normalized spacial score (nSPS) is 16.5. The lowest BCUT2D eigenvalue weighted by Crippen LogP contribution is -2.42. The van der Waals surface area contributed by atoms with E-state index >= 15 is 0 Å². The first kappa shape index (κ1) is 13.9. The highest BCUT2D eigenvalue weighted by molar-refractivity contribution is 5.73. The molecule has 0 fully saturated rings. The molecule has 0 radical (unpaired) electrons. The molecule has 0 aliphatic carbocycles. The molecule has 2 atom stereocenters. The van der Waals surface area contributed by atoms with Gasteiger partial charge in [0.15, 0.2) is 0 Å². The standard InChI is InChI=1S/C15H22N2O2/c1-3-13(15(18)19)17-10(2)8-11-4-5-14-12(9-11)6-7-16-14/h4-5,9-10,13,16-17H,3,6-8H2,1-2H3,(H,18,19). The molecule has 0 saturated carbocycles. The Kier molecular flexibility index (Phi) is 4.43. The molecule has 0 saturated heterocycles. The van der Waals surface area contributed by atoms with Gasteiger partial charge in [-0.2, -0.15) is 0 Å². The van der Waals surface area contributed by atoms with Crippen LogP contribution in [0.4, 0.5) is 5.69 Å². The highest BCUT2D eigenvalue weighted by Crippen LogP contribution is 2.23. The number of carbonyl (C=O) groups is 1. The van der Waals surface area contributed by atoms with Gasteiger partial charge in [-0.3, -0.25) is 4.79 Å². The van der Waals surface area contributed by atoms with Crippen molar-refractivity contribution in [2.24, 2.45) is 0 Å². The smallest absolute Gasteiger partial charge is 0.320 e. The summed E-state index contributed by atoms with van der Waals surface area (Å²) in [7, 11) is 0. The zero-order valence-electron chi connectivity index (χ0n) is 11.6. The maximum Gasteiger partial charge on any atom is 0.320 e. The molecule has 2 unspecified atom stereocenters. The second-order valence-electron chi connectivity index (χ2n) is 5.24. The SMILES string of the molecule is CCC(NC(C)Cc1ccc2c(c1)CCN2)C(=O)O. The van der Waals surface area contributed by atoms with Crippen molar-refractivity contribution in [2.75, 3.05) is 11.9 Å². The third kappa shape index (κ3) is 3.47. The van der Waals surface area contributed by atoms with E-state index in [9.17, 15) is 4.79 Å². The molecule has 0 spiro atoms. The summed E-state index contributed by atoms with van der Waals surface area (Å²) in [6.45, 7) is 4.94. The summed E-state index contributed by atoms with van der Waals surface area (Å²) in [5.41, 5.74) is 3.87. The van der Waals surface area contributed by atoms with Crippen LogP contribution >= 0.6 is 0 Å². The van der Waals surface area contributed by atoms with Gasteiger partial charge in [0.2, 0.25) is 0 Å². The number of rotatable bonds is 6. The largest absolute Gasteiger partial charge is 0.480 e.